The van der Waals surface area contributed by atoms with E-state index < -0.39 is 18.3 Å². The summed E-state index contributed by atoms with van der Waals surface area (Å²) in [5.74, 6) is 2.70. The third-order valence-corrected chi connectivity index (χ3v) is 18.0. The second-order valence-electron chi connectivity index (χ2n) is 20.7. The molecule has 2 aliphatic heterocycles. The summed E-state index contributed by atoms with van der Waals surface area (Å²) in [6, 6.07) is 0. The lowest BCUT2D eigenvalue weighted by atomic mass is 9.41. The van der Waals surface area contributed by atoms with Crippen LogP contribution in [0.4, 0.5) is 4.79 Å². The summed E-state index contributed by atoms with van der Waals surface area (Å²) in [6.07, 6.45) is 15.6. The minimum atomic E-state index is -0.745. The molecule has 8 aliphatic rings. The van der Waals surface area contributed by atoms with E-state index in [0.29, 0.717) is 28.6 Å². The lowest BCUT2D eigenvalue weighted by Crippen LogP contribution is -2.60. The molecule has 8 nitrogen and oxygen atoms in total. The van der Waals surface area contributed by atoms with E-state index in [4.69, 9.17) is 24.7 Å². The number of hydrogen-bond acceptors (Lipinski definition) is 7. The van der Waals surface area contributed by atoms with Gasteiger partial charge in [0, 0.05) is 25.0 Å². The zero-order valence-electron chi connectivity index (χ0n) is 33.2. The first kappa shape index (κ1) is 37.0. The molecule has 0 aromatic carbocycles. The van der Waals surface area contributed by atoms with Crippen molar-refractivity contribution in [3.05, 3.63) is 0 Å². The molecule has 3 N–H and O–H groups in total. The SMILES string of the molecule is CC(C)C(OC(N)=O)C1CC(C)C2C(O1)C(O)C1(C)C3CCC4C(C)(C)C(OC5CN(CC6CCCCCC6)CCO5)CCC45CC35CCC21C. The Labute approximate surface area is 309 Å². The van der Waals surface area contributed by atoms with Crippen molar-refractivity contribution in [3.8, 4) is 0 Å². The zero-order valence-corrected chi connectivity index (χ0v) is 33.2. The van der Waals surface area contributed by atoms with E-state index >= 15 is 0 Å². The van der Waals surface area contributed by atoms with Crippen LogP contribution in [-0.4, -0.2) is 79.2 Å². The Balaban J connectivity index is 0.979. The highest BCUT2D eigenvalue weighted by Crippen LogP contribution is 2.89. The number of aliphatic hydroxyl groups is 1. The van der Waals surface area contributed by atoms with Crippen molar-refractivity contribution in [1.29, 1.82) is 0 Å². The highest BCUT2D eigenvalue weighted by Gasteiger charge is 2.84. The van der Waals surface area contributed by atoms with Gasteiger partial charge in [-0.2, -0.15) is 0 Å². The fraction of sp³-hybridized carbons (Fsp3) is 0.977. The maximum atomic E-state index is 12.6. The van der Waals surface area contributed by atoms with Crippen molar-refractivity contribution in [2.24, 2.45) is 68.3 Å². The predicted molar refractivity (Wildman–Crippen MR) is 198 cm³/mol. The Morgan fingerprint density at radius 1 is 0.961 bits per heavy atom. The predicted octanol–water partition coefficient (Wildman–Crippen LogP) is 7.93. The molecule has 8 rings (SSSR count). The Morgan fingerprint density at radius 3 is 2.37 bits per heavy atom. The van der Waals surface area contributed by atoms with Gasteiger partial charge >= 0.3 is 6.09 Å². The van der Waals surface area contributed by atoms with Crippen LogP contribution in [0, 0.1) is 62.6 Å². The van der Waals surface area contributed by atoms with Gasteiger partial charge in [0.15, 0.2) is 6.29 Å². The van der Waals surface area contributed by atoms with Crippen molar-refractivity contribution < 1.29 is 28.8 Å². The molecular weight excluding hydrogens is 640 g/mol. The maximum absolute atomic E-state index is 12.6. The molecule has 2 spiro atoms. The molecule has 290 valence electrons. The molecule has 2 heterocycles. The summed E-state index contributed by atoms with van der Waals surface area (Å²) in [6.45, 7) is 20.4. The largest absolute Gasteiger partial charge is 0.443 e. The number of nitrogens with zero attached hydrogens (tertiary/aromatic N) is 1. The number of rotatable bonds is 7. The molecule has 14 atom stereocenters. The molecule has 14 unspecified atom stereocenters. The topological polar surface area (TPSA) is 103 Å². The zero-order chi connectivity index (χ0) is 36.1. The molecule has 6 saturated carbocycles. The molecule has 0 radical (unpaired) electrons. The first-order chi connectivity index (χ1) is 24.2. The van der Waals surface area contributed by atoms with Crippen LogP contribution in [0.3, 0.4) is 0 Å². The van der Waals surface area contributed by atoms with E-state index in [0.717, 1.165) is 44.9 Å². The second-order valence-corrected chi connectivity index (χ2v) is 20.7. The number of ether oxygens (including phenoxy) is 4. The monoisotopic (exact) mass is 713 g/mol. The van der Waals surface area contributed by atoms with Crippen LogP contribution in [0.1, 0.15) is 138 Å². The van der Waals surface area contributed by atoms with Crippen LogP contribution in [0.2, 0.25) is 0 Å². The first-order valence-electron chi connectivity index (χ1n) is 21.5. The Hall–Kier alpha value is -0.930. The number of hydrogen-bond donors (Lipinski definition) is 2. The van der Waals surface area contributed by atoms with E-state index in [1.54, 1.807) is 0 Å². The van der Waals surface area contributed by atoms with Gasteiger partial charge in [-0.25, -0.2) is 4.79 Å². The molecule has 8 heteroatoms. The molecule has 51 heavy (non-hydrogen) atoms. The Kier molecular flexibility index (Phi) is 9.50. The van der Waals surface area contributed by atoms with Crippen molar-refractivity contribution >= 4 is 6.09 Å². The molecular formula is C43H72N2O6. The number of fused-ring (bicyclic) bond motifs is 4. The van der Waals surface area contributed by atoms with Crippen molar-refractivity contribution in [2.75, 3.05) is 26.2 Å². The van der Waals surface area contributed by atoms with Gasteiger partial charge in [-0.1, -0.05) is 74.1 Å². The standard InChI is InChI=1S/C43H72N2O6/c1-26(2)35(51-38(44)47)29-22-27(3)34-36(49-29)37(46)41(7)31-15-14-30-39(4,5)32(16-17-42(30)25-43(31,42)19-18-40(34,41)6)50-33-24-45(20-21-48-33)23-28-12-10-8-9-11-13-28/h26-37,46H,8-25H2,1-7H3,(H2,44,47). The average molecular weight is 713 g/mol. The first-order valence-corrected chi connectivity index (χ1v) is 21.5. The third-order valence-electron chi connectivity index (χ3n) is 18.0. The van der Waals surface area contributed by atoms with Crippen molar-refractivity contribution in [2.45, 2.75) is 175 Å². The van der Waals surface area contributed by atoms with Gasteiger partial charge in [0.25, 0.3) is 0 Å². The molecule has 1 amide bonds. The van der Waals surface area contributed by atoms with Gasteiger partial charge in [0.2, 0.25) is 0 Å². The lowest BCUT2D eigenvalue weighted by molar-refractivity contribution is -0.249. The van der Waals surface area contributed by atoms with E-state index in [-0.39, 0.29) is 52.7 Å². The normalized spacial score (nSPS) is 50.2. The number of amides is 1. The molecule has 2 saturated heterocycles. The average Bonchev–Trinajstić information content (AvgIpc) is 3.78. The number of morpholine rings is 1. The molecule has 0 aromatic rings. The number of nitrogens with two attached hydrogens (primary N) is 1. The summed E-state index contributed by atoms with van der Waals surface area (Å²) in [7, 11) is 0. The second kappa shape index (κ2) is 13.1. The van der Waals surface area contributed by atoms with Gasteiger partial charge in [0.05, 0.1) is 31.0 Å². The summed E-state index contributed by atoms with van der Waals surface area (Å²) in [5.41, 5.74) is 6.04. The van der Waals surface area contributed by atoms with Gasteiger partial charge in [0.1, 0.15) is 6.10 Å². The number of primary amides is 1. The fourth-order valence-electron chi connectivity index (χ4n) is 15.6. The van der Waals surface area contributed by atoms with E-state index in [2.05, 4.69) is 53.4 Å². The van der Waals surface area contributed by atoms with Gasteiger partial charge in [-0.05, 0) is 121 Å². The Bertz CT molecular complexity index is 1300. The Morgan fingerprint density at radius 2 is 1.67 bits per heavy atom. The summed E-state index contributed by atoms with van der Waals surface area (Å²) < 4.78 is 26.0. The van der Waals surface area contributed by atoms with Crippen molar-refractivity contribution in [3.63, 3.8) is 0 Å². The summed E-state index contributed by atoms with van der Waals surface area (Å²) in [4.78, 5) is 14.5. The van der Waals surface area contributed by atoms with Crippen LogP contribution in [-0.2, 0) is 18.9 Å². The number of carbonyl (C=O) groups excluding carboxylic acids is 1. The van der Waals surface area contributed by atoms with E-state index in [1.165, 1.54) is 77.2 Å². The van der Waals surface area contributed by atoms with Crippen LogP contribution in [0.15, 0.2) is 0 Å². The van der Waals surface area contributed by atoms with Crippen LogP contribution in [0.25, 0.3) is 0 Å². The minimum Gasteiger partial charge on any atom is -0.443 e. The molecule has 6 aliphatic carbocycles. The molecule has 8 fully saturated rings. The smallest absolute Gasteiger partial charge is 0.404 e. The van der Waals surface area contributed by atoms with Gasteiger partial charge < -0.3 is 29.8 Å². The van der Waals surface area contributed by atoms with Crippen LogP contribution < -0.4 is 5.73 Å². The van der Waals surface area contributed by atoms with Gasteiger partial charge in [-0.15, -0.1) is 0 Å². The third kappa shape index (κ3) is 5.54. The lowest BCUT2D eigenvalue weighted by Gasteiger charge is -2.64. The highest BCUT2D eigenvalue weighted by molar-refractivity contribution is 5.64. The van der Waals surface area contributed by atoms with Gasteiger partial charge in [-0.3, -0.25) is 4.90 Å². The quantitative estimate of drug-likeness (QED) is 0.259. The van der Waals surface area contributed by atoms with Crippen LogP contribution in [0.5, 0.6) is 0 Å². The van der Waals surface area contributed by atoms with E-state index in [9.17, 15) is 9.90 Å². The fourth-order valence-corrected chi connectivity index (χ4v) is 15.6. The number of aliphatic hydroxyl groups excluding tert-OH is 1. The highest BCUT2D eigenvalue weighted by atomic mass is 16.7. The molecule has 0 bridgehead atoms. The molecule has 0 aromatic heterocycles. The minimum absolute atomic E-state index is 0.00263. The van der Waals surface area contributed by atoms with Crippen molar-refractivity contribution in [1.82, 2.24) is 4.90 Å². The summed E-state index contributed by atoms with van der Waals surface area (Å²) >= 11 is 0. The maximum Gasteiger partial charge on any atom is 0.404 e. The van der Waals surface area contributed by atoms with Crippen LogP contribution >= 0.6 is 0 Å². The number of carbonyl (C=O) groups is 1. The summed E-state index contributed by atoms with van der Waals surface area (Å²) in [5, 5.41) is 12.6. The van der Waals surface area contributed by atoms with E-state index in [1.807, 2.05) is 0 Å².